The zero-order valence-electron chi connectivity index (χ0n) is 14.7. The fourth-order valence-electron chi connectivity index (χ4n) is 3.02. The van der Waals surface area contributed by atoms with Crippen molar-refractivity contribution in [1.29, 1.82) is 0 Å². The Labute approximate surface area is 157 Å². The number of benzene rings is 1. The topological polar surface area (TPSA) is 61.2 Å². The number of esters is 1. The van der Waals surface area contributed by atoms with E-state index >= 15 is 0 Å². The third kappa shape index (κ3) is 4.41. The molecule has 0 radical (unpaired) electrons. The normalized spacial score (nSPS) is 17.6. The molecule has 1 aromatic carbocycles. The summed E-state index contributed by atoms with van der Waals surface area (Å²) in [5.41, 5.74) is 2.49. The molecule has 3 rings (SSSR count). The van der Waals surface area contributed by atoms with Gasteiger partial charge in [0.1, 0.15) is 5.15 Å². The largest absolute Gasteiger partial charge is 0.451 e. The van der Waals surface area contributed by atoms with Crippen molar-refractivity contribution < 1.29 is 14.3 Å². The molecule has 1 fully saturated rings. The molecule has 0 unspecified atom stereocenters. The number of ether oxygens (including phenoxy) is 1. The molecule has 0 aliphatic heterocycles. The van der Waals surface area contributed by atoms with Crippen LogP contribution >= 0.6 is 11.6 Å². The summed E-state index contributed by atoms with van der Waals surface area (Å²) in [6.07, 6.45) is 5.17. The van der Waals surface area contributed by atoms with Crippen LogP contribution < -0.4 is 0 Å². The van der Waals surface area contributed by atoms with E-state index in [1.54, 1.807) is 10.8 Å². The number of carbonyl (C=O) groups excluding carboxylic acids is 2. The maximum absolute atomic E-state index is 12.0. The Bertz CT molecular complexity index is 827. The Morgan fingerprint density at radius 3 is 2.85 bits per heavy atom. The molecule has 0 N–H and O–H groups in total. The lowest BCUT2D eigenvalue weighted by Crippen LogP contribution is -2.29. The highest BCUT2D eigenvalue weighted by Gasteiger charge is 2.25. The monoisotopic (exact) mass is 372 g/mol. The van der Waals surface area contributed by atoms with Crippen molar-refractivity contribution in [1.82, 2.24) is 9.78 Å². The van der Waals surface area contributed by atoms with E-state index in [0.717, 1.165) is 24.1 Å². The van der Waals surface area contributed by atoms with Gasteiger partial charge in [0.25, 0.3) is 0 Å². The van der Waals surface area contributed by atoms with E-state index in [0.29, 0.717) is 30.1 Å². The van der Waals surface area contributed by atoms with E-state index in [1.165, 1.54) is 6.08 Å². The quantitative estimate of drug-likeness (QED) is 0.588. The van der Waals surface area contributed by atoms with Crippen molar-refractivity contribution in [2.45, 2.75) is 45.3 Å². The van der Waals surface area contributed by atoms with Gasteiger partial charge in [0.2, 0.25) is 0 Å². The Morgan fingerprint density at radius 2 is 2.12 bits per heavy atom. The van der Waals surface area contributed by atoms with Crippen molar-refractivity contribution in [2.24, 2.45) is 0 Å². The SMILES string of the molecule is Cc1nn(Cc2ccccc2)c(Cl)c1/C=C/C(=O)O[C@@H]1CCCCC1=O. The zero-order valence-corrected chi connectivity index (χ0v) is 15.4. The average Bonchev–Trinajstić information content (AvgIpc) is 2.89. The van der Waals surface area contributed by atoms with Crippen LogP contribution in [0.15, 0.2) is 36.4 Å². The molecule has 0 amide bonds. The molecule has 1 aliphatic rings. The van der Waals surface area contributed by atoms with E-state index in [2.05, 4.69) is 5.10 Å². The smallest absolute Gasteiger partial charge is 0.331 e. The number of Topliss-reactive ketones (excluding diaryl/α,β-unsaturated/α-hetero) is 1. The second kappa shape index (κ2) is 8.32. The zero-order chi connectivity index (χ0) is 18.5. The van der Waals surface area contributed by atoms with Gasteiger partial charge in [0.15, 0.2) is 11.9 Å². The lowest BCUT2D eigenvalue weighted by Gasteiger charge is -2.19. The number of halogens is 1. The Kier molecular flexibility index (Phi) is 5.89. The van der Waals surface area contributed by atoms with Gasteiger partial charge in [-0.25, -0.2) is 9.48 Å². The summed E-state index contributed by atoms with van der Waals surface area (Å²) in [5, 5.41) is 4.90. The fourth-order valence-corrected chi connectivity index (χ4v) is 3.32. The molecule has 1 aliphatic carbocycles. The molecule has 1 heterocycles. The second-order valence-corrected chi connectivity index (χ2v) is 6.76. The van der Waals surface area contributed by atoms with Crippen LogP contribution in [-0.2, 0) is 20.9 Å². The van der Waals surface area contributed by atoms with Gasteiger partial charge in [0.05, 0.1) is 12.2 Å². The predicted octanol–water partition coefficient (Wildman–Crippen LogP) is 3.96. The summed E-state index contributed by atoms with van der Waals surface area (Å²) < 4.78 is 6.96. The molecule has 1 atom stereocenters. The van der Waals surface area contributed by atoms with Crippen molar-refractivity contribution in [3.8, 4) is 0 Å². The molecular formula is C20H21ClN2O3. The summed E-state index contributed by atoms with van der Waals surface area (Å²) in [6, 6.07) is 9.88. The third-order valence-electron chi connectivity index (χ3n) is 4.43. The molecule has 1 saturated carbocycles. The van der Waals surface area contributed by atoms with Crippen LogP contribution in [-0.4, -0.2) is 27.6 Å². The Morgan fingerprint density at radius 1 is 1.35 bits per heavy atom. The van der Waals surface area contributed by atoms with Crippen LogP contribution in [0.5, 0.6) is 0 Å². The number of aryl methyl sites for hydroxylation is 1. The number of nitrogens with zero attached hydrogens (tertiary/aromatic N) is 2. The van der Waals surface area contributed by atoms with Gasteiger partial charge in [-0.1, -0.05) is 41.9 Å². The first kappa shape index (κ1) is 18.4. The number of aromatic nitrogens is 2. The minimum atomic E-state index is -0.613. The minimum absolute atomic E-state index is 0.00268. The van der Waals surface area contributed by atoms with E-state index in [9.17, 15) is 9.59 Å². The first-order valence-electron chi connectivity index (χ1n) is 8.73. The minimum Gasteiger partial charge on any atom is -0.451 e. The molecule has 6 heteroatoms. The third-order valence-corrected chi connectivity index (χ3v) is 4.83. The molecule has 5 nitrogen and oxygen atoms in total. The maximum Gasteiger partial charge on any atom is 0.331 e. The molecule has 2 aromatic rings. The van der Waals surface area contributed by atoms with E-state index < -0.39 is 12.1 Å². The van der Waals surface area contributed by atoms with Crippen LogP contribution in [0.3, 0.4) is 0 Å². The van der Waals surface area contributed by atoms with E-state index in [1.807, 2.05) is 37.3 Å². The van der Waals surface area contributed by atoms with Gasteiger partial charge in [0, 0.05) is 18.1 Å². The maximum atomic E-state index is 12.0. The highest BCUT2D eigenvalue weighted by Crippen LogP contribution is 2.23. The molecule has 1 aromatic heterocycles. The van der Waals surface area contributed by atoms with Gasteiger partial charge in [-0.15, -0.1) is 0 Å². The summed E-state index contributed by atoms with van der Waals surface area (Å²) >= 11 is 6.42. The van der Waals surface area contributed by atoms with Gasteiger partial charge >= 0.3 is 5.97 Å². The van der Waals surface area contributed by atoms with Gasteiger partial charge in [-0.2, -0.15) is 5.10 Å². The van der Waals surface area contributed by atoms with Gasteiger partial charge in [-0.05, 0) is 37.8 Å². The van der Waals surface area contributed by atoms with Crippen LogP contribution in [0.2, 0.25) is 5.15 Å². The first-order chi connectivity index (χ1) is 12.5. The summed E-state index contributed by atoms with van der Waals surface area (Å²) in [4.78, 5) is 23.8. The van der Waals surface area contributed by atoms with Crippen molar-refractivity contribution in [2.75, 3.05) is 0 Å². The molecule has 0 bridgehead atoms. The number of hydrogen-bond donors (Lipinski definition) is 0. The molecular weight excluding hydrogens is 352 g/mol. The Balaban J connectivity index is 1.68. The number of hydrogen-bond acceptors (Lipinski definition) is 4. The van der Waals surface area contributed by atoms with E-state index in [-0.39, 0.29) is 5.78 Å². The predicted molar refractivity (Wildman–Crippen MR) is 99.9 cm³/mol. The lowest BCUT2D eigenvalue weighted by atomic mass is 9.96. The van der Waals surface area contributed by atoms with Crippen molar-refractivity contribution >= 4 is 29.4 Å². The average molecular weight is 373 g/mol. The Hall–Kier alpha value is -2.40. The van der Waals surface area contributed by atoms with Crippen LogP contribution in [0, 0.1) is 6.92 Å². The van der Waals surface area contributed by atoms with E-state index in [4.69, 9.17) is 16.3 Å². The lowest BCUT2D eigenvalue weighted by molar-refractivity contribution is -0.152. The first-order valence-corrected chi connectivity index (χ1v) is 9.10. The summed E-state index contributed by atoms with van der Waals surface area (Å²) in [5.74, 6) is -0.528. The highest BCUT2D eigenvalue weighted by atomic mass is 35.5. The van der Waals surface area contributed by atoms with Crippen molar-refractivity contribution in [3.05, 3.63) is 58.4 Å². The summed E-state index contributed by atoms with van der Waals surface area (Å²) in [6.45, 7) is 2.39. The van der Waals surface area contributed by atoms with Crippen LogP contribution in [0.25, 0.3) is 6.08 Å². The number of carbonyl (C=O) groups is 2. The van der Waals surface area contributed by atoms with Gasteiger partial charge < -0.3 is 4.74 Å². The fraction of sp³-hybridized carbons (Fsp3) is 0.350. The molecule has 0 saturated heterocycles. The standard InChI is InChI=1S/C20H21ClN2O3/c1-14-16(11-12-19(25)26-18-10-6-5-9-17(18)24)20(21)23(22-14)13-15-7-3-2-4-8-15/h2-4,7-8,11-12,18H,5-6,9-10,13H2,1H3/b12-11+/t18-/m1/s1. The van der Waals surface area contributed by atoms with Crippen LogP contribution in [0.4, 0.5) is 0 Å². The number of rotatable bonds is 5. The molecule has 0 spiro atoms. The summed E-state index contributed by atoms with van der Waals surface area (Å²) in [7, 11) is 0. The van der Waals surface area contributed by atoms with Gasteiger partial charge in [-0.3, -0.25) is 4.79 Å². The number of ketones is 1. The molecule has 26 heavy (non-hydrogen) atoms. The second-order valence-electron chi connectivity index (χ2n) is 6.40. The van der Waals surface area contributed by atoms with Crippen molar-refractivity contribution in [3.63, 3.8) is 0 Å². The van der Waals surface area contributed by atoms with Crippen LogP contribution in [0.1, 0.15) is 42.5 Å². The highest BCUT2D eigenvalue weighted by molar-refractivity contribution is 6.31. The molecule has 136 valence electrons.